The fourth-order valence-electron chi connectivity index (χ4n) is 1.81. The highest BCUT2D eigenvalue weighted by molar-refractivity contribution is 8.00. The highest BCUT2D eigenvalue weighted by Gasteiger charge is 2.26. The summed E-state index contributed by atoms with van der Waals surface area (Å²) < 4.78 is 25.4. The van der Waals surface area contributed by atoms with E-state index in [1.807, 2.05) is 12.1 Å². The van der Waals surface area contributed by atoms with Gasteiger partial charge in [0, 0.05) is 29.4 Å². The highest BCUT2D eigenvalue weighted by Crippen LogP contribution is 2.20. The minimum Gasteiger partial charge on any atom is -0.399 e. The Morgan fingerprint density at radius 1 is 1.30 bits per heavy atom. The molecule has 0 unspecified atom stereocenters. The van der Waals surface area contributed by atoms with Gasteiger partial charge >= 0.3 is 0 Å². The smallest absolute Gasteiger partial charge is 0.235 e. The van der Waals surface area contributed by atoms with Crippen LogP contribution in [0.4, 0.5) is 5.69 Å². The van der Waals surface area contributed by atoms with Crippen LogP contribution < -0.4 is 11.1 Å². The SMILES string of the molecule is Nc1ccc(SCCS(=O)(=O)N2CCNC(=O)C2)cc1. The number of nitrogens with two attached hydrogens (primary N) is 1. The molecule has 0 spiro atoms. The normalized spacial score (nSPS) is 16.9. The van der Waals surface area contributed by atoms with Crippen molar-refractivity contribution in [2.24, 2.45) is 0 Å². The van der Waals surface area contributed by atoms with Crippen LogP contribution in [0.2, 0.25) is 0 Å². The average Bonchev–Trinajstić information content (AvgIpc) is 2.41. The first-order chi connectivity index (χ1) is 9.47. The maximum atomic E-state index is 12.1. The Morgan fingerprint density at radius 2 is 2.00 bits per heavy atom. The molecule has 2 rings (SSSR count). The van der Waals surface area contributed by atoms with E-state index in [1.165, 1.54) is 16.1 Å². The van der Waals surface area contributed by atoms with Gasteiger partial charge in [0.15, 0.2) is 0 Å². The Morgan fingerprint density at radius 3 is 2.65 bits per heavy atom. The van der Waals surface area contributed by atoms with Crippen molar-refractivity contribution in [2.45, 2.75) is 4.90 Å². The highest BCUT2D eigenvalue weighted by atomic mass is 32.2. The summed E-state index contributed by atoms with van der Waals surface area (Å²) in [6.45, 7) is 0.651. The molecule has 1 aliphatic rings. The number of nitrogens with one attached hydrogen (secondary N) is 1. The molecule has 0 bridgehead atoms. The minimum atomic E-state index is -3.37. The van der Waals surface area contributed by atoms with E-state index in [1.54, 1.807) is 12.1 Å². The molecular weight excluding hydrogens is 298 g/mol. The number of piperazine rings is 1. The molecule has 0 saturated carbocycles. The first-order valence-corrected chi connectivity index (χ1v) is 8.80. The van der Waals surface area contributed by atoms with Crippen molar-refractivity contribution < 1.29 is 13.2 Å². The fraction of sp³-hybridized carbons (Fsp3) is 0.417. The zero-order valence-corrected chi connectivity index (χ0v) is 12.5. The monoisotopic (exact) mass is 315 g/mol. The van der Waals surface area contributed by atoms with Crippen LogP contribution in [0.15, 0.2) is 29.2 Å². The zero-order chi connectivity index (χ0) is 14.6. The first-order valence-electron chi connectivity index (χ1n) is 6.20. The summed E-state index contributed by atoms with van der Waals surface area (Å²) >= 11 is 1.46. The zero-order valence-electron chi connectivity index (χ0n) is 10.9. The number of rotatable bonds is 5. The van der Waals surface area contributed by atoms with E-state index in [0.717, 1.165) is 4.90 Å². The predicted octanol–water partition coefficient (Wildman–Crippen LogP) is 0.123. The maximum absolute atomic E-state index is 12.1. The molecule has 1 heterocycles. The summed E-state index contributed by atoms with van der Waals surface area (Å²) in [5, 5.41) is 2.61. The Labute approximate surface area is 122 Å². The van der Waals surface area contributed by atoms with Crippen molar-refractivity contribution in [3.63, 3.8) is 0 Å². The molecule has 1 aromatic rings. The lowest BCUT2D eigenvalue weighted by Gasteiger charge is -2.25. The third kappa shape index (κ3) is 4.12. The molecule has 6 nitrogen and oxygen atoms in total. The van der Waals surface area contributed by atoms with Gasteiger partial charge in [0.25, 0.3) is 0 Å². The van der Waals surface area contributed by atoms with Gasteiger partial charge in [-0.05, 0) is 24.3 Å². The van der Waals surface area contributed by atoms with Gasteiger partial charge in [-0.3, -0.25) is 4.79 Å². The lowest BCUT2D eigenvalue weighted by molar-refractivity contribution is -0.122. The quantitative estimate of drug-likeness (QED) is 0.595. The van der Waals surface area contributed by atoms with E-state index in [0.29, 0.717) is 24.5 Å². The molecule has 8 heteroatoms. The van der Waals surface area contributed by atoms with Gasteiger partial charge in [0.2, 0.25) is 15.9 Å². The van der Waals surface area contributed by atoms with Gasteiger partial charge in [0.1, 0.15) is 0 Å². The van der Waals surface area contributed by atoms with Crippen LogP contribution in [-0.2, 0) is 14.8 Å². The Kier molecular flexibility index (Phi) is 4.90. The number of hydrogen-bond acceptors (Lipinski definition) is 5. The lowest BCUT2D eigenvalue weighted by atomic mass is 10.3. The maximum Gasteiger partial charge on any atom is 0.235 e. The summed E-state index contributed by atoms with van der Waals surface area (Å²) in [5.41, 5.74) is 6.27. The van der Waals surface area contributed by atoms with Gasteiger partial charge in [-0.1, -0.05) is 0 Å². The molecule has 110 valence electrons. The first kappa shape index (κ1) is 15.1. The number of benzene rings is 1. The molecule has 1 aliphatic heterocycles. The van der Waals surface area contributed by atoms with Gasteiger partial charge in [0.05, 0.1) is 12.3 Å². The van der Waals surface area contributed by atoms with Crippen molar-refractivity contribution in [1.29, 1.82) is 0 Å². The van der Waals surface area contributed by atoms with Gasteiger partial charge < -0.3 is 11.1 Å². The number of carbonyl (C=O) groups excluding carboxylic acids is 1. The molecule has 0 aromatic heterocycles. The van der Waals surface area contributed by atoms with Gasteiger partial charge in [-0.15, -0.1) is 11.8 Å². The minimum absolute atomic E-state index is 0.0231. The number of sulfonamides is 1. The average molecular weight is 315 g/mol. The third-order valence-corrected chi connectivity index (χ3v) is 5.98. The topological polar surface area (TPSA) is 92.5 Å². The van der Waals surface area contributed by atoms with Crippen LogP contribution in [0.25, 0.3) is 0 Å². The Hall–Kier alpha value is -1.25. The molecule has 0 aliphatic carbocycles. The molecule has 0 atom stereocenters. The second-order valence-corrected chi connectivity index (χ2v) is 7.67. The summed E-state index contributed by atoms with van der Waals surface area (Å²) in [7, 11) is -3.37. The second-order valence-electron chi connectivity index (χ2n) is 4.42. The fourth-order valence-corrected chi connectivity index (χ4v) is 4.49. The van der Waals surface area contributed by atoms with Crippen LogP contribution in [-0.4, -0.2) is 49.8 Å². The lowest BCUT2D eigenvalue weighted by Crippen LogP contribution is -2.50. The molecule has 1 amide bonds. The number of nitrogens with zero attached hydrogens (tertiary/aromatic N) is 1. The third-order valence-electron chi connectivity index (χ3n) is 2.89. The molecule has 3 N–H and O–H groups in total. The van der Waals surface area contributed by atoms with Gasteiger partial charge in [-0.25, -0.2) is 8.42 Å². The molecule has 1 fully saturated rings. The Bertz CT molecular complexity index is 572. The van der Waals surface area contributed by atoms with Gasteiger partial charge in [-0.2, -0.15) is 4.31 Å². The van der Waals surface area contributed by atoms with Crippen LogP contribution >= 0.6 is 11.8 Å². The van der Waals surface area contributed by atoms with Crippen LogP contribution in [0, 0.1) is 0 Å². The summed E-state index contributed by atoms with van der Waals surface area (Å²) in [6.07, 6.45) is 0. The molecular formula is C12H17N3O3S2. The molecule has 1 saturated heterocycles. The van der Waals surface area contributed by atoms with Crippen molar-refractivity contribution in [3.05, 3.63) is 24.3 Å². The number of carbonyl (C=O) groups is 1. The predicted molar refractivity (Wildman–Crippen MR) is 79.9 cm³/mol. The molecule has 1 aromatic carbocycles. The number of amides is 1. The summed E-state index contributed by atoms with van der Waals surface area (Å²) in [6, 6.07) is 7.29. The number of hydrogen-bond donors (Lipinski definition) is 2. The van der Waals surface area contributed by atoms with Crippen molar-refractivity contribution in [2.75, 3.05) is 36.9 Å². The van der Waals surface area contributed by atoms with E-state index in [-0.39, 0.29) is 18.2 Å². The standard InChI is InChI=1S/C12H17N3O3S2/c13-10-1-3-11(4-2-10)19-7-8-20(17,18)15-6-5-14-12(16)9-15/h1-4H,5-9,13H2,(H,14,16). The van der Waals surface area contributed by atoms with Crippen molar-refractivity contribution >= 4 is 33.4 Å². The Balaban J connectivity index is 1.86. The largest absolute Gasteiger partial charge is 0.399 e. The van der Waals surface area contributed by atoms with E-state index in [2.05, 4.69) is 5.32 Å². The number of nitrogen functional groups attached to an aromatic ring is 1. The number of anilines is 1. The summed E-state index contributed by atoms with van der Waals surface area (Å²) in [5.74, 6) is 0.227. The number of thioether (sulfide) groups is 1. The van der Waals surface area contributed by atoms with E-state index < -0.39 is 10.0 Å². The van der Waals surface area contributed by atoms with Crippen LogP contribution in [0.1, 0.15) is 0 Å². The van der Waals surface area contributed by atoms with E-state index in [4.69, 9.17) is 5.73 Å². The molecule has 0 radical (unpaired) electrons. The van der Waals surface area contributed by atoms with Crippen molar-refractivity contribution in [3.8, 4) is 0 Å². The van der Waals surface area contributed by atoms with Crippen molar-refractivity contribution in [1.82, 2.24) is 9.62 Å². The van der Waals surface area contributed by atoms with Crippen LogP contribution in [0.5, 0.6) is 0 Å². The molecule has 20 heavy (non-hydrogen) atoms. The second kappa shape index (κ2) is 6.47. The van der Waals surface area contributed by atoms with E-state index >= 15 is 0 Å². The van der Waals surface area contributed by atoms with Crippen LogP contribution in [0.3, 0.4) is 0 Å². The van der Waals surface area contributed by atoms with E-state index in [9.17, 15) is 13.2 Å². The summed E-state index contributed by atoms with van der Waals surface area (Å²) in [4.78, 5) is 12.2.